The van der Waals surface area contributed by atoms with Crippen LogP contribution in [0.15, 0.2) is 42.5 Å². The molecule has 0 aliphatic rings. The van der Waals surface area contributed by atoms with Gasteiger partial charge in [0.25, 0.3) is 5.91 Å². The van der Waals surface area contributed by atoms with E-state index in [-0.39, 0.29) is 18.6 Å². The molecule has 0 spiro atoms. The standard InChI is InChI=1S/C19H19ClN2O3/c1-3-24-18-9-14(11-21)7-8-17(18)25-12-19(23)22-13(2)15-5-4-6-16(20)10-15/h4-10,13H,3,12H2,1-2H3,(H,22,23). The fourth-order valence-corrected chi connectivity index (χ4v) is 2.45. The second-order valence-corrected chi connectivity index (χ2v) is 5.78. The van der Waals surface area contributed by atoms with Gasteiger partial charge in [-0.1, -0.05) is 23.7 Å². The number of amides is 1. The van der Waals surface area contributed by atoms with E-state index in [9.17, 15) is 4.79 Å². The van der Waals surface area contributed by atoms with Gasteiger partial charge in [0.1, 0.15) is 0 Å². The van der Waals surface area contributed by atoms with E-state index >= 15 is 0 Å². The Labute approximate surface area is 152 Å². The monoisotopic (exact) mass is 358 g/mol. The zero-order valence-corrected chi connectivity index (χ0v) is 14.8. The minimum absolute atomic E-state index is 0.156. The highest BCUT2D eigenvalue weighted by Crippen LogP contribution is 2.28. The van der Waals surface area contributed by atoms with Gasteiger partial charge in [-0.05, 0) is 43.7 Å². The molecule has 0 aliphatic carbocycles. The molecular weight excluding hydrogens is 340 g/mol. The largest absolute Gasteiger partial charge is 0.490 e. The van der Waals surface area contributed by atoms with Crippen molar-refractivity contribution < 1.29 is 14.3 Å². The van der Waals surface area contributed by atoms with Crippen LogP contribution in [0.25, 0.3) is 0 Å². The molecule has 0 heterocycles. The lowest BCUT2D eigenvalue weighted by molar-refractivity contribution is -0.123. The van der Waals surface area contributed by atoms with Crippen LogP contribution >= 0.6 is 11.6 Å². The summed E-state index contributed by atoms with van der Waals surface area (Å²) in [5, 5.41) is 12.4. The molecule has 2 rings (SSSR count). The first-order chi connectivity index (χ1) is 12.0. The van der Waals surface area contributed by atoms with Gasteiger partial charge >= 0.3 is 0 Å². The van der Waals surface area contributed by atoms with Gasteiger partial charge in [-0.15, -0.1) is 0 Å². The first kappa shape index (κ1) is 18.6. The lowest BCUT2D eigenvalue weighted by atomic mass is 10.1. The van der Waals surface area contributed by atoms with Crippen molar-refractivity contribution in [1.29, 1.82) is 5.26 Å². The van der Waals surface area contributed by atoms with Gasteiger partial charge < -0.3 is 14.8 Å². The van der Waals surface area contributed by atoms with Crippen LogP contribution in [0.3, 0.4) is 0 Å². The number of carbonyl (C=O) groups excluding carboxylic acids is 1. The van der Waals surface area contributed by atoms with Gasteiger partial charge in [-0.25, -0.2) is 0 Å². The number of carbonyl (C=O) groups is 1. The predicted octanol–water partition coefficient (Wildman–Crippen LogP) is 3.87. The summed E-state index contributed by atoms with van der Waals surface area (Å²) in [7, 11) is 0. The van der Waals surface area contributed by atoms with Gasteiger partial charge in [0.2, 0.25) is 0 Å². The van der Waals surface area contributed by atoms with Crippen molar-refractivity contribution >= 4 is 17.5 Å². The van der Waals surface area contributed by atoms with Crippen LogP contribution in [0, 0.1) is 11.3 Å². The highest BCUT2D eigenvalue weighted by atomic mass is 35.5. The van der Waals surface area contributed by atoms with Gasteiger partial charge in [0, 0.05) is 11.1 Å². The summed E-state index contributed by atoms with van der Waals surface area (Å²) in [4.78, 5) is 12.1. The average molecular weight is 359 g/mol. The van der Waals surface area contributed by atoms with Crippen LogP contribution in [0.2, 0.25) is 5.02 Å². The van der Waals surface area contributed by atoms with Crippen LogP contribution in [0.4, 0.5) is 0 Å². The van der Waals surface area contributed by atoms with Crippen molar-refractivity contribution in [3.05, 3.63) is 58.6 Å². The van der Waals surface area contributed by atoms with E-state index in [2.05, 4.69) is 5.32 Å². The molecule has 0 radical (unpaired) electrons. The number of hydrogen-bond acceptors (Lipinski definition) is 4. The van der Waals surface area contributed by atoms with Gasteiger partial charge in [-0.2, -0.15) is 5.26 Å². The number of nitriles is 1. The zero-order valence-electron chi connectivity index (χ0n) is 14.1. The number of benzene rings is 2. The Morgan fingerprint density at radius 1 is 1.24 bits per heavy atom. The third-order valence-corrected chi connectivity index (χ3v) is 3.69. The van der Waals surface area contributed by atoms with Crippen molar-refractivity contribution in [1.82, 2.24) is 5.32 Å². The molecule has 25 heavy (non-hydrogen) atoms. The van der Waals surface area contributed by atoms with E-state index in [1.807, 2.05) is 32.0 Å². The molecule has 0 bridgehead atoms. The minimum Gasteiger partial charge on any atom is -0.490 e. The first-order valence-corrected chi connectivity index (χ1v) is 8.26. The maximum Gasteiger partial charge on any atom is 0.258 e. The van der Waals surface area contributed by atoms with Crippen LogP contribution in [0.5, 0.6) is 11.5 Å². The number of nitrogens with one attached hydrogen (secondary N) is 1. The van der Waals surface area contributed by atoms with Crippen LogP contribution in [-0.4, -0.2) is 19.1 Å². The van der Waals surface area contributed by atoms with Crippen molar-refractivity contribution in [2.75, 3.05) is 13.2 Å². The van der Waals surface area contributed by atoms with E-state index in [1.165, 1.54) is 0 Å². The molecule has 1 atom stereocenters. The number of rotatable bonds is 7. The van der Waals surface area contributed by atoms with Gasteiger partial charge in [-0.3, -0.25) is 4.79 Å². The molecular formula is C19H19ClN2O3. The van der Waals surface area contributed by atoms with Crippen molar-refractivity contribution in [3.63, 3.8) is 0 Å². The van der Waals surface area contributed by atoms with E-state index in [0.29, 0.717) is 28.7 Å². The molecule has 0 aromatic heterocycles. The maximum atomic E-state index is 12.1. The normalized spacial score (nSPS) is 11.3. The van der Waals surface area contributed by atoms with Gasteiger partial charge in [0.15, 0.2) is 18.1 Å². The molecule has 0 aliphatic heterocycles. The molecule has 1 amide bonds. The van der Waals surface area contributed by atoms with E-state index in [0.717, 1.165) is 5.56 Å². The van der Waals surface area contributed by atoms with Crippen molar-refractivity contribution in [2.24, 2.45) is 0 Å². The Kier molecular flexibility index (Phi) is 6.67. The average Bonchev–Trinajstić information content (AvgIpc) is 2.60. The fraction of sp³-hybridized carbons (Fsp3) is 0.263. The lowest BCUT2D eigenvalue weighted by Crippen LogP contribution is -2.31. The quantitative estimate of drug-likeness (QED) is 0.815. The van der Waals surface area contributed by atoms with E-state index < -0.39 is 0 Å². The maximum absolute atomic E-state index is 12.1. The molecule has 1 unspecified atom stereocenters. The van der Waals surface area contributed by atoms with Crippen LogP contribution in [0.1, 0.15) is 31.0 Å². The Morgan fingerprint density at radius 3 is 2.72 bits per heavy atom. The number of hydrogen-bond donors (Lipinski definition) is 1. The summed E-state index contributed by atoms with van der Waals surface area (Å²) < 4.78 is 11.0. The molecule has 5 nitrogen and oxygen atoms in total. The Balaban J connectivity index is 1.97. The highest BCUT2D eigenvalue weighted by molar-refractivity contribution is 6.30. The van der Waals surface area contributed by atoms with Crippen LogP contribution < -0.4 is 14.8 Å². The zero-order chi connectivity index (χ0) is 18.2. The molecule has 2 aromatic carbocycles. The van der Waals surface area contributed by atoms with Crippen molar-refractivity contribution in [2.45, 2.75) is 19.9 Å². The fourth-order valence-electron chi connectivity index (χ4n) is 2.25. The third-order valence-electron chi connectivity index (χ3n) is 3.46. The summed E-state index contributed by atoms with van der Waals surface area (Å²) in [6.45, 7) is 3.99. The summed E-state index contributed by atoms with van der Waals surface area (Å²) in [5.41, 5.74) is 1.38. The molecule has 0 saturated heterocycles. The summed E-state index contributed by atoms with van der Waals surface area (Å²) in [6, 6.07) is 14.0. The second kappa shape index (κ2) is 8.95. The summed E-state index contributed by atoms with van der Waals surface area (Å²) in [6.07, 6.45) is 0. The Hall–Kier alpha value is -2.71. The second-order valence-electron chi connectivity index (χ2n) is 5.34. The SMILES string of the molecule is CCOc1cc(C#N)ccc1OCC(=O)NC(C)c1cccc(Cl)c1. The molecule has 130 valence electrons. The highest BCUT2D eigenvalue weighted by Gasteiger charge is 2.12. The van der Waals surface area contributed by atoms with Gasteiger partial charge in [0.05, 0.1) is 24.3 Å². The number of nitrogens with zero attached hydrogens (tertiary/aromatic N) is 1. The summed E-state index contributed by atoms with van der Waals surface area (Å²) in [5.74, 6) is 0.600. The minimum atomic E-state index is -0.265. The third kappa shape index (κ3) is 5.40. The molecule has 1 N–H and O–H groups in total. The topological polar surface area (TPSA) is 71.3 Å². The van der Waals surface area contributed by atoms with Crippen LogP contribution in [-0.2, 0) is 4.79 Å². The number of ether oxygens (including phenoxy) is 2. The Morgan fingerprint density at radius 2 is 2.04 bits per heavy atom. The lowest BCUT2D eigenvalue weighted by Gasteiger charge is -2.16. The van der Waals surface area contributed by atoms with E-state index in [4.69, 9.17) is 26.3 Å². The molecule has 2 aromatic rings. The Bertz CT molecular complexity index is 786. The predicted molar refractivity (Wildman–Crippen MR) is 95.8 cm³/mol. The molecule has 0 fully saturated rings. The molecule has 0 saturated carbocycles. The molecule has 6 heteroatoms. The summed E-state index contributed by atoms with van der Waals surface area (Å²) >= 11 is 5.96. The van der Waals surface area contributed by atoms with E-state index in [1.54, 1.807) is 30.3 Å². The first-order valence-electron chi connectivity index (χ1n) is 7.88. The number of halogens is 1. The smallest absolute Gasteiger partial charge is 0.258 e. The van der Waals surface area contributed by atoms with Crippen molar-refractivity contribution in [3.8, 4) is 17.6 Å².